The van der Waals surface area contributed by atoms with E-state index in [4.69, 9.17) is 4.74 Å². The molecule has 2 nitrogen and oxygen atoms in total. The molecule has 0 saturated heterocycles. The summed E-state index contributed by atoms with van der Waals surface area (Å²) in [6, 6.07) is 6.58. The van der Waals surface area contributed by atoms with Crippen LogP contribution in [0.5, 0.6) is 5.75 Å². The Morgan fingerprint density at radius 2 is 1.94 bits per heavy atom. The maximum Gasteiger partial charge on any atom is 0.392 e. The third kappa shape index (κ3) is 4.65. The summed E-state index contributed by atoms with van der Waals surface area (Å²) in [6.45, 7) is 1.36. The van der Waals surface area contributed by atoms with Crippen LogP contribution in [0.15, 0.2) is 24.3 Å². The summed E-state index contributed by atoms with van der Waals surface area (Å²) in [4.78, 5) is 0. The molecule has 0 aliphatic heterocycles. The van der Waals surface area contributed by atoms with E-state index in [1.807, 2.05) is 0 Å². The molecule has 0 unspecified atom stereocenters. The van der Waals surface area contributed by atoms with Gasteiger partial charge in [0, 0.05) is 5.56 Å². The lowest BCUT2D eigenvalue weighted by molar-refractivity contribution is -0.139. The molecule has 0 fully saturated rings. The average molecular weight is 248 g/mol. The van der Waals surface area contributed by atoms with E-state index < -0.39 is 25.3 Å². The maximum atomic E-state index is 12.0. The molecule has 1 N–H and O–H groups in total. The smallest absolute Gasteiger partial charge is 0.392 e. The highest BCUT2D eigenvalue weighted by Gasteiger charge is 2.27. The lowest BCUT2D eigenvalue weighted by Crippen LogP contribution is -2.13. The second-order valence-corrected chi connectivity index (χ2v) is 3.68. The quantitative estimate of drug-likeness (QED) is 0.864. The second-order valence-electron chi connectivity index (χ2n) is 3.68. The highest BCUT2D eigenvalue weighted by Crippen LogP contribution is 2.28. The fourth-order valence-electron chi connectivity index (χ4n) is 1.38. The van der Waals surface area contributed by atoms with Crippen molar-refractivity contribution in [2.75, 3.05) is 6.61 Å². The van der Waals surface area contributed by atoms with E-state index in [-0.39, 0.29) is 0 Å². The van der Waals surface area contributed by atoms with Crippen LogP contribution in [0.3, 0.4) is 0 Å². The van der Waals surface area contributed by atoms with E-state index in [2.05, 4.69) is 0 Å². The van der Waals surface area contributed by atoms with Crippen LogP contribution in [0.25, 0.3) is 0 Å². The first-order chi connectivity index (χ1) is 7.94. The minimum Gasteiger partial charge on any atom is -0.493 e. The zero-order valence-electron chi connectivity index (χ0n) is 9.50. The van der Waals surface area contributed by atoms with Crippen LogP contribution in [0, 0.1) is 0 Å². The maximum absolute atomic E-state index is 12.0. The number of hydrogen-bond acceptors (Lipinski definition) is 2. The number of ether oxygens (including phenoxy) is 1. The number of para-hydroxylation sites is 1. The van der Waals surface area contributed by atoms with Crippen LogP contribution in [0.4, 0.5) is 13.2 Å². The van der Waals surface area contributed by atoms with Crippen molar-refractivity contribution in [3.05, 3.63) is 29.8 Å². The molecular weight excluding hydrogens is 233 g/mol. The average Bonchev–Trinajstić information content (AvgIpc) is 2.27. The molecule has 17 heavy (non-hydrogen) atoms. The van der Waals surface area contributed by atoms with E-state index in [9.17, 15) is 18.3 Å². The summed E-state index contributed by atoms with van der Waals surface area (Å²) in [5.41, 5.74) is 0.525. The lowest BCUT2D eigenvalue weighted by atomic mass is 10.1. The predicted octanol–water partition coefficient (Wildman–Crippen LogP) is 3.46. The second kappa shape index (κ2) is 5.91. The summed E-state index contributed by atoms with van der Waals surface area (Å²) < 4.78 is 40.9. The topological polar surface area (TPSA) is 29.5 Å². The minimum absolute atomic E-state index is 0.311. The SMILES string of the molecule is CC[C@@H](O)c1ccccc1OCCC(F)(F)F. The number of halogens is 3. The van der Waals surface area contributed by atoms with Crippen molar-refractivity contribution in [2.45, 2.75) is 32.0 Å². The van der Waals surface area contributed by atoms with Crippen molar-refractivity contribution in [3.8, 4) is 5.75 Å². The molecule has 0 amide bonds. The van der Waals surface area contributed by atoms with E-state index >= 15 is 0 Å². The summed E-state index contributed by atoms with van der Waals surface area (Å²) in [5, 5.41) is 9.67. The molecule has 1 aromatic carbocycles. The van der Waals surface area contributed by atoms with Crippen LogP contribution in [-0.2, 0) is 0 Å². The number of hydrogen-bond donors (Lipinski definition) is 1. The third-order valence-corrected chi connectivity index (χ3v) is 2.31. The molecule has 1 rings (SSSR count). The van der Waals surface area contributed by atoms with Crippen molar-refractivity contribution < 1.29 is 23.0 Å². The highest BCUT2D eigenvalue weighted by molar-refractivity contribution is 5.34. The Kier molecular flexibility index (Phi) is 4.81. The molecule has 0 aliphatic carbocycles. The summed E-state index contributed by atoms with van der Waals surface area (Å²) >= 11 is 0. The number of benzene rings is 1. The molecule has 1 aromatic rings. The van der Waals surface area contributed by atoms with Gasteiger partial charge >= 0.3 is 6.18 Å². The Morgan fingerprint density at radius 1 is 1.29 bits per heavy atom. The Labute approximate surface area is 98.0 Å². The molecule has 5 heteroatoms. The Bertz CT molecular complexity index is 350. The van der Waals surface area contributed by atoms with Crippen molar-refractivity contribution in [2.24, 2.45) is 0 Å². The van der Waals surface area contributed by atoms with E-state index in [1.54, 1.807) is 31.2 Å². The Morgan fingerprint density at radius 3 is 2.53 bits per heavy atom. The van der Waals surface area contributed by atoms with Gasteiger partial charge in [0.2, 0.25) is 0 Å². The first-order valence-corrected chi connectivity index (χ1v) is 5.40. The van der Waals surface area contributed by atoms with Crippen LogP contribution in [0.1, 0.15) is 31.4 Å². The van der Waals surface area contributed by atoms with Crippen molar-refractivity contribution in [3.63, 3.8) is 0 Å². The number of aliphatic hydroxyl groups is 1. The van der Waals surface area contributed by atoms with Crippen molar-refractivity contribution >= 4 is 0 Å². The Hall–Kier alpha value is -1.23. The zero-order chi connectivity index (χ0) is 12.9. The van der Waals surface area contributed by atoms with Crippen molar-refractivity contribution in [1.29, 1.82) is 0 Å². The van der Waals surface area contributed by atoms with E-state index in [1.165, 1.54) is 0 Å². The largest absolute Gasteiger partial charge is 0.493 e. The first kappa shape index (κ1) is 13.8. The van der Waals surface area contributed by atoms with Crippen LogP contribution < -0.4 is 4.74 Å². The minimum atomic E-state index is -4.22. The van der Waals surface area contributed by atoms with E-state index in [0.29, 0.717) is 17.7 Å². The van der Waals surface area contributed by atoms with Crippen molar-refractivity contribution in [1.82, 2.24) is 0 Å². The summed E-state index contributed by atoms with van der Waals surface area (Å²) in [6.07, 6.45) is -5.45. The van der Waals surface area contributed by atoms with Crippen LogP contribution >= 0.6 is 0 Å². The molecule has 0 spiro atoms. The number of alkyl halides is 3. The molecule has 1 atom stereocenters. The van der Waals surface area contributed by atoms with Gasteiger partial charge in [0.05, 0.1) is 19.1 Å². The molecule has 0 radical (unpaired) electrons. The molecule has 0 aromatic heterocycles. The zero-order valence-corrected chi connectivity index (χ0v) is 9.50. The summed E-state index contributed by atoms with van der Waals surface area (Å²) in [7, 11) is 0. The van der Waals surface area contributed by atoms with Gasteiger partial charge in [0.25, 0.3) is 0 Å². The molecule has 0 bridgehead atoms. The van der Waals surface area contributed by atoms with Gasteiger partial charge in [-0.3, -0.25) is 0 Å². The fourth-order valence-corrected chi connectivity index (χ4v) is 1.38. The van der Waals surface area contributed by atoms with Crippen LogP contribution in [-0.4, -0.2) is 17.9 Å². The van der Waals surface area contributed by atoms with Gasteiger partial charge in [-0.15, -0.1) is 0 Å². The fraction of sp³-hybridized carbons (Fsp3) is 0.500. The molecular formula is C12H15F3O2. The monoisotopic (exact) mass is 248 g/mol. The standard InChI is InChI=1S/C12H15F3O2/c1-2-10(16)9-5-3-4-6-11(9)17-8-7-12(13,14)15/h3-6,10,16H,2,7-8H2,1H3/t10-/m1/s1. The number of rotatable bonds is 5. The van der Waals surface area contributed by atoms with Gasteiger partial charge in [-0.05, 0) is 12.5 Å². The molecule has 96 valence electrons. The van der Waals surface area contributed by atoms with Gasteiger partial charge in [-0.2, -0.15) is 13.2 Å². The van der Waals surface area contributed by atoms with Gasteiger partial charge in [0.15, 0.2) is 0 Å². The lowest BCUT2D eigenvalue weighted by Gasteiger charge is -2.15. The molecule has 0 heterocycles. The normalized spacial score (nSPS) is 13.5. The summed E-state index contributed by atoms with van der Waals surface area (Å²) in [5.74, 6) is 0.311. The van der Waals surface area contributed by atoms with Crippen LogP contribution in [0.2, 0.25) is 0 Å². The van der Waals surface area contributed by atoms with E-state index in [0.717, 1.165) is 0 Å². The highest BCUT2D eigenvalue weighted by atomic mass is 19.4. The van der Waals surface area contributed by atoms with Gasteiger partial charge < -0.3 is 9.84 Å². The third-order valence-electron chi connectivity index (χ3n) is 2.31. The predicted molar refractivity (Wildman–Crippen MR) is 57.9 cm³/mol. The Balaban J connectivity index is 2.64. The molecule has 0 aliphatic rings. The van der Waals surface area contributed by atoms with Gasteiger partial charge in [-0.25, -0.2) is 0 Å². The first-order valence-electron chi connectivity index (χ1n) is 5.40. The van der Waals surface area contributed by atoms with Gasteiger partial charge in [0.1, 0.15) is 5.75 Å². The molecule has 0 saturated carbocycles. The number of aliphatic hydroxyl groups excluding tert-OH is 1. The van der Waals surface area contributed by atoms with Gasteiger partial charge in [-0.1, -0.05) is 25.1 Å².